The van der Waals surface area contributed by atoms with Crippen LogP contribution in [-0.2, 0) is 4.79 Å². The van der Waals surface area contributed by atoms with Crippen LogP contribution in [0.5, 0.6) is 0 Å². The summed E-state index contributed by atoms with van der Waals surface area (Å²) in [6, 6.07) is 3.81. The summed E-state index contributed by atoms with van der Waals surface area (Å²) < 4.78 is 24.7. The summed E-state index contributed by atoms with van der Waals surface area (Å²) in [5, 5.41) is 0. The molecule has 1 rings (SSSR count). The third kappa shape index (κ3) is 3.44. The summed E-state index contributed by atoms with van der Waals surface area (Å²) in [7, 11) is 0. The molecule has 0 N–H and O–H groups in total. The molecule has 0 heterocycles. The van der Waals surface area contributed by atoms with Crippen molar-refractivity contribution in [3.8, 4) is 0 Å². The lowest BCUT2D eigenvalue weighted by Gasteiger charge is -1.94. The Morgan fingerprint density at radius 3 is 1.92 bits per heavy atom. The number of hydrogen-bond donors (Lipinski definition) is 0. The quantitative estimate of drug-likeness (QED) is 0.456. The highest BCUT2D eigenvalue weighted by Gasteiger charge is 1.99. The number of halogens is 3. The van der Waals surface area contributed by atoms with Crippen molar-refractivity contribution in [2.75, 3.05) is 0 Å². The maximum Gasteiger partial charge on any atom is 0.208 e. The van der Waals surface area contributed by atoms with E-state index in [4.69, 9.17) is 4.79 Å². The molecule has 0 aliphatic heterocycles. The Morgan fingerprint density at radius 2 is 1.67 bits per heavy atom. The van der Waals surface area contributed by atoms with Gasteiger partial charge in [0.15, 0.2) is 0 Å². The van der Waals surface area contributed by atoms with Gasteiger partial charge in [0.2, 0.25) is 5.75 Å². The molecule has 1 nitrogen and oxygen atoms in total. The lowest BCUT2D eigenvalue weighted by molar-refractivity contribution is 0.568. The zero-order valence-corrected chi connectivity index (χ0v) is 7.11. The molecule has 1 aromatic rings. The second-order valence-electron chi connectivity index (χ2n) is 1.94. The molecule has 0 fully saturated rings. The molecule has 4 heteroatoms. The van der Waals surface area contributed by atoms with E-state index in [2.05, 4.69) is 11.6 Å². The Morgan fingerprint density at radius 1 is 1.33 bits per heavy atom. The van der Waals surface area contributed by atoms with Crippen molar-refractivity contribution >= 4 is 17.3 Å². The highest BCUT2D eigenvalue weighted by atomic mass is 35.5. The van der Waals surface area contributed by atoms with Crippen LogP contribution in [0, 0.1) is 18.6 Å². The summed E-state index contributed by atoms with van der Waals surface area (Å²) in [4.78, 5) is 8.57. The molecule has 66 valence electrons. The molecule has 0 saturated heterocycles. The highest BCUT2D eigenvalue weighted by molar-refractivity contribution is 6.54. The fourth-order valence-electron chi connectivity index (χ4n) is 0.581. The van der Waals surface area contributed by atoms with Crippen molar-refractivity contribution in [1.82, 2.24) is 0 Å². The molecule has 0 spiro atoms. The van der Waals surface area contributed by atoms with Crippen molar-refractivity contribution in [3.63, 3.8) is 0 Å². The number of hydrogen-bond acceptors (Lipinski definition) is 1. The van der Waals surface area contributed by atoms with Crippen LogP contribution in [0.25, 0.3) is 0 Å². The Kier molecular flexibility index (Phi) is 5.21. The molecule has 0 saturated carbocycles. The largest absolute Gasteiger partial charge is 0.285 e. The van der Waals surface area contributed by atoms with Gasteiger partial charge in [-0.2, -0.15) is 0 Å². The number of carbonyl (C=O) groups is 1. The van der Waals surface area contributed by atoms with Gasteiger partial charge in [-0.25, -0.2) is 8.78 Å². The Hall–Kier alpha value is -0.960. The number of rotatable bonds is 0. The molecule has 0 aliphatic carbocycles. The molecule has 0 bridgehead atoms. The van der Waals surface area contributed by atoms with E-state index in [1.165, 1.54) is 25.1 Å². The normalized spacial score (nSPS) is 8.33. The summed E-state index contributed by atoms with van der Waals surface area (Å²) in [6.45, 7) is 1.41. The molecule has 0 aliphatic rings. The van der Waals surface area contributed by atoms with Gasteiger partial charge in [0.1, 0.15) is 11.6 Å². The van der Waals surface area contributed by atoms with Gasteiger partial charge in [-0.1, -0.05) is 6.07 Å². The topological polar surface area (TPSA) is 17.1 Å². The van der Waals surface area contributed by atoms with Crippen molar-refractivity contribution in [2.45, 2.75) is 6.92 Å². The third-order valence-corrected chi connectivity index (χ3v) is 1.20. The van der Waals surface area contributed by atoms with Gasteiger partial charge in [-0.05, 0) is 30.7 Å². The van der Waals surface area contributed by atoms with Crippen LogP contribution in [0.15, 0.2) is 18.2 Å². The first-order valence-corrected chi connectivity index (χ1v) is 3.51. The molecule has 0 radical (unpaired) electrons. The van der Waals surface area contributed by atoms with Crippen LogP contribution in [0.4, 0.5) is 8.78 Å². The second kappa shape index (κ2) is 5.66. The van der Waals surface area contributed by atoms with Crippen LogP contribution in [-0.4, -0.2) is 5.75 Å². The first-order chi connectivity index (χ1) is 5.63. The minimum atomic E-state index is -0.491. The first-order valence-electron chi connectivity index (χ1n) is 3.08. The highest BCUT2D eigenvalue weighted by Crippen LogP contribution is 2.08. The second-order valence-corrected chi connectivity index (χ2v) is 2.11. The predicted octanol–water partition coefficient (Wildman–Crippen LogP) is 2.69. The average molecular weight is 193 g/mol. The van der Waals surface area contributed by atoms with Crippen LogP contribution in [0.3, 0.4) is 0 Å². The van der Waals surface area contributed by atoms with E-state index in [1.807, 2.05) is 0 Å². The number of carbonyl (C=O) groups excluding carboxylic acids is 1. The van der Waals surface area contributed by atoms with Gasteiger partial charge in [0, 0.05) is 5.56 Å². The third-order valence-electron chi connectivity index (χ3n) is 1.20. The van der Waals surface area contributed by atoms with E-state index >= 15 is 0 Å². The van der Waals surface area contributed by atoms with Gasteiger partial charge in [-0.15, -0.1) is 0 Å². The molecular weight excluding hydrogens is 186 g/mol. The van der Waals surface area contributed by atoms with E-state index in [0.29, 0.717) is 0 Å². The van der Waals surface area contributed by atoms with E-state index in [9.17, 15) is 8.78 Å². The Balaban J connectivity index is 0.000000354. The summed E-state index contributed by atoms with van der Waals surface area (Å²) in [6.07, 6.45) is 0. The smallest absolute Gasteiger partial charge is 0.208 e. The van der Waals surface area contributed by atoms with Crippen molar-refractivity contribution in [2.24, 2.45) is 0 Å². The summed E-state index contributed by atoms with van der Waals surface area (Å²) in [5.74, 6) is -0.759. The zero-order valence-electron chi connectivity index (χ0n) is 6.35. The van der Waals surface area contributed by atoms with Crippen molar-refractivity contribution in [1.29, 1.82) is 0 Å². The lowest BCUT2D eigenvalue weighted by atomic mass is 10.2. The standard InChI is InChI=1S/C7H6F2.CHClO/c1-5-6(8)3-2-4-7(5)9;2-1-3/h2-4H,1H3;1H. The monoisotopic (exact) mass is 192 g/mol. The minimum Gasteiger partial charge on any atom is -0.285 e. The Labute approximate surface area is 74.0 Å². The Bertz CT molecular complexity index is 243. The maximum absolute atomic E-state index is 12.3. The predicted molar refractivity (Wildman–Crippen MR) is 43.7 cm³/mol. The minimum absolute atomic E-state index is 0.0810. The zero-order chi connectivity index (χ0) is 9.56. The molecule has 0 atom stereocenters. The van der Waals surface area contributed by atoms with E-state index in [1.54, 1.807) is 0 Å². The van der Waals surface area contributed by atoms with Crippen LogP contribution in [0.2, 0.25) is 0 Å². The van der Waals surface area contributed by atoms with Crippen LogP contribution < -0.4 is 0 Å². The summed E-state index contributed by atoms with van der Waals surface area (Å²) in [5.41, 5.74) is 0.0810. The van der Waals surface area contributed by atoms with Crippen LogP contribution >= 0.6 is 11.6 Å². The summed E-state index contributed by atoms with van der Waals surface area (Å²) >= 11 is 4.32. The van der Waals surface area contributed by atoms with Gasteiger partial charge < -0.3 is 0 Å². The fourth-order valence-corrected chi connectivity index (χ4v) is 0.581. The van der Waals surface area contributed by atoms with Gasteiger partial charge in [-0.3, -0.25) is 4.79 Å². The van der Waals surface area contributed by atoms with E-state index in [0.717, 1.165) is 0 Å². The molecule has 0 unspecified atom stereocenters. The average Bonchev–Trinajstić information content (AvgIpc) is 2.02. The maximum atomic E-state index is 12.3. The van der Waals surface area contributed by atoms with Crippen LogP contribution in [0.1, 0.15) is 5.56 Å². The van der Waals surface area contributed by atoms with Gasteiger partial charge in [0.05, 0.1) is 0 Å². The van der Waals surface area contributed by atoms with Crippen molar-refractivity contribution < 1.29 is 13.6 Å². The molecule has 1 aromatic carbocycles. The number of benzene rings is 1. The van der Waals surface area contributed by atoms with E-state index < -0.39 is 11.6 Å². The van der Waals surface area contributed by atoms with Gasteiger partial charge >= 0.3 is 0 Å². The van der Waals surface area contributed by atoms with Gasteiger partial charge in [0.25, 0.3) is 0 Å². The fraction of sp³-hybridized carbons (Fsp3) is 0.125. The molecular formula is C8H7ClF2O. The molecule has 12 heavy (non-hydrogen) atoms. The molecule has 0 amide bonds. The van der Waals surface area contributed by atoms with E-state index in [-0.39, 0.29) is 11.3 Å². The molecule has 0 aromatic heterocycles. The first kappa shape index (κ1) is 11.0. The SMILES string of the molecule is Cc1c(F)cccc1F.O=CCl. The lowest BCUT2D eigenvalue weighted by Crippen LogP contribution is -1.85. The van der Waals surface area contributed by atoms with Crippen molar-refractivity contribution in [3.05, 3.63) is 35.4 Å².